The number of azo groups is 1. The molecule has 0 radical (unpaired) electrons. The smallest absolute Gasteiger partial charge is 0.150 e. The Hall–Kier alpha value is -4.06. The molecule has 0 spiro atoms. The molecular formula is C25H22N4O2. The third-order valence-corrected chi connectivity index (χ3v) is 4.77. The van der Waals surface area contributed by atoms with Gasteiger partial charge in [0.15, 0.2) is 6.29 Å². The van der Waals surface area contributed by atoms with Crippen LogP contribution in [0.3, 0.4) is 0 Å². The summed E-state index contributed by atoms with van der Waals surface area (Å²) in [6, 6.07) is 20.6. The maximum absolute atomic E-state index is 11.5. The van der Waals surface area contributed by atoms with Gasteiger partial charge in [-0.25, -0.2) is 0 Å². The van der Waals surface area contributed by atoms with E-state index in [1.165, 1.54) is 0 Å². The van der Waals surface area contributed by atoms with E-state index in [2.05, 4.69) is 15.2 Å². The number of carbonyl (C=O) groups excluding carboxylic acids is 1. The average Bonchev–Trinajstić information content (AvgIpc) is 2.79. The number of nitrogens with two attached hydrogens (primary N) is 1. The number of aromatic nitrogens is 1. The van der Waals surface area contributed by atoms with Gasteiger partial charge in [-0.1, -0.05) is 24.3 Å². The number of nitrogen functional groups attached to an aromatic ring is 1. The number of fused-ring (bicyclic) bond motifs is 1. The molecule has 6 heteroatoms. The lowest BCUT2D eigenvalue weighted by atomic mass is 10.0. The van der Waals surface area contributed by atoms with E-state index in [0.29, 0.717) is 22.6 Å². The van der Waals surface area contributed by atoms with E-state index >= 15 is 0 Å². The zero-order valence-corrected chi connectivity index (χ0v) is 17.3. The molecule has 31 heavy (non-hydrogen) atoms. The van der Waals surface area contributed by atoms with Crippen LogP contribution in [0.5, 0.6) is 5.75 Å². The topological polar surface area (TPSA) is 89.9 Å². The molecular weight excluding hydrogens is 388 g/mol. The molecule has 3 aromatic carbocycles. The molecule has 0 saturated carbocycles. The Balaban J connectivity index is 1.57. The second-order valence-electron chi connectivity index (χ2n) is 7.35. The number of hydrogen-bond acceptors (Lipinski definition) is 6. The number of ether oxygens (including phenoxy) is 1. The monoisotopic (exact) mass is 410 g/mol. The Morgan fingerprint density at radius 3 is 2.35 bits per heavy atom. The molecule has 0 unspecified atom stereocenters. The summed E-state index contributed by atoms with van der Waals surface area (Å²) in [6.45, 7) is 3.99. The largest absolute Gasteiger partial charge is 0.491 e. The Labute approximate surface area is 180 Å². The molecule has 1 heterocycles. The van der Waals surface area contributed by atoms with Crippen LogP contribution in [0.4, 0.5) is 17.1 Å². The van der Waals surface area contributed by atoms with E-state index in [1.807, 2.05) is 74.5 Å². The maximum Gasteiger partial charge on any atom is 0.150 e. The molecule has 0 aliphatic heterocycles. The number of aldehydes is 1. The van der Waals surface area contributed by atoms with Crippen LogP contribution in [0.1, 0.15) is 24.2 Å². The summed E-state index contributed by atoms with van der Waals surface area (Å²) in [5.74, 6) is 0.826. The van der Waals surface area contributed by atoms with Crippen LogP contribution in [0.2, 0.25) is 0 Å². The fourth-order valence-corrected chi connectivity index (χ4v) is 3.29. The van der Waals surface area contributed by atoms with E-state index in [-0.39, 0.29) is 6.10 Å². The van der Waals surface area contributed by atoms with E-state index < -0.39 is 0 Å². The van der Waals surface area contributed by atoms with Gasteiger partial charge in [-0.2, -0.15) is 0 Å². The molecule has 0 atom stereocenters. The summed E-state index contributed by atoms with van der Waals surface area (Å²) in [5, 5.41) is 10.1. The summed E-state index contributed by atoms with van der Waals surface area (Å²) < 4.78 is 5.67. The number of nitrogens with zero attached hydrogens (tertiary/aromatic N) is 3. The summed E-state index contributed by atoms with van der Waals surface area (Å²) in [7, 11) is 0. The first-order valence-corrected chi connectivity index (χ1v) is 9.96. The lowest BCUT2D eigenvalue weighted by Gasteiger charge is -2.10. The lowest BCUT2D eigenvalue weighted by molar-refractivity contribution is 0.112. The van der Waals surface area contributed by atoms with E-state index in [0.717, 1.165) is 34.1 Å². The van der Waals surface area contributed by atoms with Crippen molar-refractivity contribution < 1.29 is 9.53 Å². The van der Waals surface area contributed by atoms with Crippen LogP contribution >= 0.6 is 0 Å². The summed E-state index contributed by atoms with van der Waals surface area (Å²) in [5.41, 5.74) is 10.1. The minimum Gasteiger partial charge on any atom is -0.491 e. The summed E-state index contributed by atoms with van der Waals surface area (Å²) in [4.78, 5) is 15.9. The van der Waals surface area contributed by atoms with Crippen LogP contribution in [0.15, 0.2) is 83.2 Å². The highest BCUT2D eigenvalue weighted by atomic mass is 16.5. The third kappa shape index (κ3) is 4.43. The SMILES string of the molecule is CC(C)Oc1ccc(-c2ccc(N=Nc3cc(C=O)c4ccccc4c3N)cn2)cc1. The second kappa shape index (κ2) is 8.75. The first kappa shape index (κ1) is 20.2. The van der Waals surface area contributed by atoms with Gasteiger partial charge in [-0.05, 0) is 61.7 Å². The predicted molar refractivity (Wildman–Crippen MR) is 123 cm³/mol. The highest BCUT2D eigenvalue weighted by Crippen LogP contribution is 2.34. The van der Waals surface area contributed by atoms with Crippen molar-refractivity contribution in [2.45, 2.75) is 20.0 Å². The first-order valence-electron chi connectivity index (χ1n) is 9.96. The first-order chi connectivity index (χ1) is 15.0. The molecule has 2 N–H and O–H groups in total. The van der Waals surface area contributed by atoms with Crippen LogP contribution < -0.4 is 10.5 Å². The van der Waals surface area contributed by atoms with E-state index in [4.69, 9.17) is 10.5 Å². The minimum atomic E-state index is 0.132. The Kier molecular flexibility index (Phi) is 5.71. The Bertz CT molecular complexity index is 1250. The van der Waals surface area contributed by atoms with Crippen molar-refractivity contribution in [2.75, 3.05) is 5.73 Å². The molecule has 4 rings (SSSR count). The van der Waals surface area contributed by atoms with E-state index in [1.54, 1.807) is 12.3 Å². The molecule has 4 aromatic rings. The van der Waals surface area contributed by atoms with Crippen molar-refractivity contribution in [3.05, 3.63) is 78.5 Å². The number of anilines is 1. The van der Waals surface area contributed by atoms with Gasteiger partial charge in [0.2, 0.25) is 0 Å². The number of benzene rings is 3. The molecule has 0 fully saturated rings. The van der Waals surface area contributed by atoms with Crippen molar-refractivity contribution in [1.82, 2.24) is 4.98 Å². The predicted octanol–water partition coefficient (Wildman–Crippen LogP) is 6.50. The maximum atomic E-state index is 11.5. The molecule has 0 aliphatic carbocycles. The quantitative estimate of drug-likeness (QED) is 0.223. The summed E-state index contributed by atoms with van der Waals surface area (Å²) in [6.07, 6.45) is 2.58. The fourth-order valence-electron chi connectivity index (χ4n) is 3.29. The van der Waals surface area contributed by atoms with Crippen molar-refractivity contribution in [2.24, 2.45) is 10.2 Å². The molecule has 0 amide bonds. The van der Waals surface area contributed by atoms with Crippen molar-refractivity contribution >= 4 is 34.1 Å². The van der Waals surface area contributed by atoms with Gasteiger partial charge in [0.1, 0.15) is 17.1 Å². The highest BCUT2D eigenvalue weighted by Gasteiger charge is 2.09. The molecule has 1 aromatic heterocycles. The number of carbonyl (C=O) groups is 1. The Morgan fingerprint density at radius 1 is 0.968 bits per heavy atom. The molecule has 154 valence electrons. The zero-order chi connectivity index (χ0) is 21.8. The average molecular weight is 410 g/mol. The molecule has 0 saturated heterocycles. The van der Waals surface area contributed by atoms with Gasteiger partial charge in [0.25, 0.3) is 0 Å². The van der Waals surface area contributed by atoms with Gasteiger partial charge >= 0.3 is 0 Å². The minimum absolute atomic E-state index is 0.132. The second-order valence-corrected chi connectivity index (χ2v) is 7.35. The van der Waals surface area contributed by atoms with Gasteiger partial charge in [0.05, 0.1) is 23.7 Å². The number of rotatable bonds is 6. The van der Waals surface area contributed by atoms with Crippen LogP contribution in [0.25, 0.3) is 22.0 Å². The standard InChI is InChI=1S/C25H22N4O2/c1-16(2)31-20-10-7-17(8-11-20)23-12-9-19(14-27-23)28-29-24-13-18(15-30)21-5-3-4-6-22(21)25(24)26/h3-16H,26H2,1-2H3. The third-order valence-electron chi connectivity index (χ3n) is 4.77. The normalized spacial score (nSPS) is 11.3. The molecule has 6 nitrogen and oxygen atoms in total. The van der Waals surface area contributed by atoms with Crippen molar-refractivity contribution in [1.29, 1.82) is 0 Å². The van der Waals surface area contributed by atoms with Crippen LogP contribution in [-0.4, -0.2) is 17.4 Å². The van der Waals surface area contributed by atoms with Crippen LogP contribution in [0, 0.1) is 0 Å². The number of hydrogen-bond donors (Lipinski definition) is 1. The van der Waals surface area contributed by atoms with E-state index in [9.17, 15) is 4.79 Å². The lowest BCUT2D eigenvalue weighted by Crippen LogP contribution is -2.05. The van der Waals surface area contributed by atoms with Gasteiger partial charge < -0.3 is 10.5 Å². The van der Waals surface area contributed by atoms with Gasteiger partial charge in [-0.3, -0.25) is 9.78 Å². The van der Waals surface area contributed by atoms with Gasteiger partial charge in [-0.15, -0.1) is 10.2 Å². The number of pyridine rings is 1. The van der Waals surface area contributed by atoms with Crippen molar-refractivity contribution in [3.8, 4) is 17.0 Å². The summed E-state index contributed by atoms with van der Waals surface area (Å²) >= 11 is 0. The molecule has 0 bridgehead atoms. The Morgan fingerprint density at radius 2 is 1.71 bits per heavy atom. The van der Waals surface area contributed by atoms with Crippen molar-refractivity contribution in [3.63, 3.8) is 0 Å². The van der Waals surface area contributed by atoms with Gasteiger partial charge in [0, 0.05) is 16.5 Å². The molecule has 0 aliphatic rings. The zero-order valence-electron chi connectivity index (χ0n) is 17.3. The van der Waals surface area contributed by atoms with Crippen LogP contribution in [-0.2, 0) is 0 Å². The fraction of sp³-hybridized carbons (Fsp3) is 0.120. The highest BCUT2D eigenvalue weighted by molar-refractivity contribution is 6.07.